The Labute approximate surface area is 103 Å². The van der Waals surface area contributed by atoms with E-state index in [9.17, 15) is 9.59 Å². The largest absolute Gasteiger partial charge is 0.462 e. The molecule has 0 N–H and O–H groups in total. The highest BCUT2D eigenvalue weighted by Crippen LogP contribution is 2.11. The van der Waals surface area contributed by atoms with Crippen LogP contribution in [0.3, 0.4) is 0 Å². The number of aryl methyl sites for hydroxylation is 1. The molecule has 2 aromatic heterocycles. The molecule has 0 fully saturated rings. The number of rotatable bonds is 4. The van der Waals surface area contributed by atoms with Crippen molar-refractivity contribution in [3.63, 3.8) is 0 Å². The van der Waals surface area contributed by atoms with Crippen molar-refractivity contribution in [2.75, 3.05) is 6.61 Å². The first-order valence-electron chi connectivity index (χ1n) is 5.36. The number of carbonyl (C=O) groups is 2. The van der Waals surface area contributed by atoms with Gasteiger partial charge in [-0.25, -0.2) is 14.5 Å². The highest BCUT2D eigenvalue weighted by Gasteiger charge is 2.14. The summed E-state index contributed by atoms with van der Waals surface area (Å²) in [7, 11) is 1.70. The Morgan fingerprint density at radius 1 is 1.56 bits per heavy atom. The van der Waals surface area contributed by atoms with Gasteiger partial charge in [0.05, 0.1) is 24.7 Å². The first kappa shape index (κ1) is 12.0. The molecule has 0 bridgehead atoms. The first-order valence-corrected chi connectivity index (χ1v) is 5.36. The van der Waals surface area contributed by atoms with Gasteiger partial charge in [-0.05, 0) is 6.92 Å². The Morgan fingerprint density at radius 3 is 3.00 bits per heavy atom. The van der Waals surface area contributed by atoms with E-state index in [-0.39, 0.29) is 0 Å². The number of imidazole rings is 1. The quantitative estimate of drug-likeness (QED) is 0.584. The molecule has 2 rings (SSSR count). The van der Waals surface area contributed by atoms with E-state index in [1.165, 1.54) is 23.4 Å². The van der Waals surface area contributed by atoms with E-state index in [0.717, 1.165) is 0 Å². The summed E-state index contributed by atoms with van der Waals surface area (Å²) in [6, 6.07) is 0. The van der Waals surface area contributed by atoms with Crippen LogP contribution in [0.2, 0.25) is 0 Å². The molecule has 0 atom stereocenters. The fourth-order valence-corrected chi connectivity index (χ4v) is 1.50. The van der Waals surface area contributed by atoms with Gasteiger partial charge >= 0.3 is 5.97 Å². The summed E-state index contributed by atoms with van der Waals surface area (Å²) in [5, 5.41) is 3.99. The fourth-order valence-electron chi connectivity index (χ4n) is 1.50. The van der Waals surface area contributed by atoms with Gasteiger partial charge in [-0.2, -0.15) is 5.10 Å². The maximum atomic E-state index is 11.5. The average molecular weight is 248 g/mol. The molecule has 0 saturated carbocycles. The number of aromatic nitrogens is 4. The molecule has 0 spiro atoms. The van der Waals surface area contributed by atoms with Gasteiger partial charge in [-0.15, -0.1) is 0 Å². The van der Waals surface area contributed by atoms with Crippen LogP contribution in [0.1, 0.15) is 27.8 Å². The minimum Gasteiger partial charge on any atom is -0.462 e. The minimum atomic E-state index is -0.452. The van der Waals surface area contributed by atoms with Crippen molar-refractivity contribution < 1.29 is 14.3 Å². The van der Waals surface area contributed by atoms with Crippen molar-refractivity contribution in [2.45, 2.75) is 6.92 Å². The van der Waals surface area contributed by atoms with Gasteiger partial charge in [-0.3, -0.25) is 4.79 Å². The third-order valence-corrected chi connectivity index (χ3v) is 2.38. The average Bonchev–Trinajstić information content (AvgIpc) is 2.95. The second kappa shape index (κ2) is 4.82. The van der Waals surface area contributed by atoms with E-state index in [0.29, 0.717) is 30.0 Å². The van der Waals surface area contributed by atoms with Gasteiger partial charge in [0.25, 0.3) is 0 Å². The summed E-state index contributed by atoms with van der Waals surface area (Å²) in [6.07, 6.45) is 5.05. The van der Waals surface area contributed by atoms with E-state index in [1.807, 2.05) is 0 Å². The van der Waals surface area contributed by atoms with E-state index in [1.54, 1.807) is 18.5 Å². The lowest BCUT2D eigenvalue weighted by molar-refractivity contribution is 0.0526. The summed E-state index contributed by atoms with van der Waals surface area (Å²) in [6.45, 7) is 2.03. The van der Waals surface area contributed by atoms with Crippen LogP contribution in [0.25, 0.3) is 5.82 Å². The zero-order chi connectivity index (χ0) is 13.1. The molecule has 0 aromatic carbocycles. The number of hydrogen-bond donors (Lipinski definition) is 0. The van der Waals surface area contributed by atoms with Crippen LogP contribution in [0, 0.1) is 0 Å². The predicted octanol–water partition coefficient (Wildman–Crippen LogP) is 0.595. The third kappa shape index (κ3) is 2.02. The second-order valence-electron chi connectivity index (χ2n) is 3.58. The summed E-state index contributed by atoms with van der Waals surface area (Å²) < 4.78 is 7.80. The maximum Gasteiger partial charge on any atom is 0.341 e. The minimum absolute atomic E-state index is 0.299. The Bertz CT molecular complexity index is 585. The highest BCUT2D eigenvalue weighted by molar-refractivity contribution is 5.89. The smallest absolute Gasteiger partial charge is 0.341 e. The van der Waals surface area contributed by atoms with Crippen LogP contribution in [0.4, 0.5) is 0 Å². The van der Waals surface area contributed by atoms with Crippen molar-refractivity contribution in [3.8, 4) is 5.82 Å². The van der Waals surface area contributed by atoms with E-state index >= 15 is 0 Å². The van der Waals surface area contributed by atoms with Crippen molar-refractivity contribution >= 4 is 12.3 Å². The molecule has 94 valence electrons. The number of aldehydes is 1. The van der Waals surface area contributed by atoms with E-state index < -0.39 is 5.97 Å². The zero-order valence-corrected chi connectivity index (χ0v) is 10.0. The van der Waals surface area contributed by atoms with Gasteiger partial charge in [-0.1, -0.05) is 0 Å². The molecule has 2 aromatic rings. The monoisotopic (exact) mass is 248 g/mol. The molecule has 0 radical (unpaired) electrons. The summed E-state index contributed by atoms with van der Waals surface area (Å²) in [5.41, 5.74) is 0.702. The Morgan fingerprint density at radius 2 is 2.33 bits per heavy atom. The van der Waals surface area contributed by atoms with Crippen molar-refractivity contribution in [1.82, 2.24) is 19.3 Å². The Kier molecular flexibility index (Phi) is 3.22. The number of ether oxygens (including phenoxy) is 1. The van der Waals surface area contributed by atoms with Crippen LogP contribution in [-0.4, -0.2) is 38.2 Å². The van der Waals surface area contributed by atoms with Crippen molar-refractivity contribution in [2.24, 2.45) is 7.05 Å². The van der Waals surface area contributed by atoms with Gasteiger partial charge in [0.1, 0.15) is 5.69 Å². The zero-order valence-electron chi connectivity index (χ0n) is 10.0. The lowest BCUT2D eigenvalue weighted by Gasteiger charge is -1.98. The first-order chi connectivity index (χ1) is 8.67. The molecule has 18 heavy (non-hydrogen) atoms. The van der Waals surface area contributed by atoms with E-state index in [2.05, 4.69) is 10.1 Å². The van der Waals surface area contributed by atoms with Gasteiger partial charge in [0, 0.05) is 13.2 Å². The lowest BCUT2D eigenvalue weighted by atomic mass is 10.4. The van der Waals surface area contributed by atoms with Crippen molar-refractivity contribution in [3.05, 3.63) is 30.0 Å². The second-order valence-corrected chi connectivity index (χ2v) is 3.58. The molecular formula is C11H12N4O3. The highest BCUT2D eigenvalue weighted by atomic mass is 16.5. The van der Waals surface area contributed by atoms with Crippen LogP contribution in [-0.2, 0) is 11.8 Å². The SMILES string of the molecule is CCOC(=O)c1cnn(-c2ncn(C)c2C=O)c1. The van der Waals surface area contributed by atoms with Crippen LogP contribution in [0.5, 0.6) is 0 Å². The van der Waals surface area contributed by atoms with Gasteiger partial charge < -0.3 is 9.30 Å². The molecule has 2 heterocycles. The molecule has 7 heteroatoms. The topological polar surface area (TPSA) is 79.0 Å². The third-order valence-electron chi connectivity index (χ3n) is 2.38. The Balaban J connectivity index is 2.35. The summed E-state index contributed by atoms with van der Waals surface area (Å²) in [5.74, 6) is -0.0737. The van der Waals surface area contributed by atoms with Gasteiger partial charge in [0.2, 0.25) is 0 Å². The molecule has 0 aliphatic rings. The number of esters is 1. The molecule has 0 amide bonds. The normalized spacial score (nSPS) is 10.3. The van der Waals surface area contributed by atoms with Crippen LogP contribution in [0.15, 0.2) is 18.7 Å². The number of nitrogens with zero attached hydrogens (tertiary/aromatic N) is 4. The molecular weight excluding hydrogens is 236 g/mol. The van der Waals surface area contributed by atoms with E-state index in [4.69, 9.17) is 4.74 Å². The number of hydrogen-bond acceptors (Lipinski definition) is 5. The van der Waals surface area contributed by atoms with Crippen LogP contribution >= 0.6 is 0 Å². The molecule has 0 unspecified atom stereocenters. The van der Waals surface area contributed by atoms with Crippen molar-refractivity contribution in [1.29, 1.82) is 0 Å². The molecule has 0 saturated heterocycles. The standard InChI is InChI=1S/C11H12N4O3/c1-3-18-11(17)8-4-13-15(5-8)10-9(6-16)14(2)7-12-10/h4-7H,3H2,1-2H3. The van der Waals surface area contributed by atoms with Gasteiger partial charge in [0.15, 0.2) is 12.1 Å². The van der Waals surface area contributed by atoms with Crippen LogP contribution < -0.4 is 0 Å². The number of carbonyl (C=O) groups excluding carboxylic acids is 2. The predicted molar refractivity (Wildman–Crippen MR) is 61.7 cm³/mol. The molecule has 0 aliphatic heterocycles. The molecule has 0 aliphatic carbocycles. The lowest BCUT2D eigenvalue weighted by Crippen LogP contribution is -2.04. The molecule has 7 nitrogen and oxygen atoms in total. The summed E-state index contributed by atoms with van der Waals surface area (Å²) in [4.78, 5) is 26.5. The Hall–Kier alpha value is -2.44. The fraction of sp³-hybridized carbons (Fsp3) is 0.273. The summed E-state index contributed by atoms with van der Waals surface area (Å²) >= 11 is 0. The maximum absolute atomic E-state index is 11.5.